The molecule has 1 fully saturated rings. The van der Waals surface area contributed by atoms with E-state index in [1.807, 2.05) is 0 Å². The molecule has 2 aliphatic heterocycles. The van der Waals surface area contributed by atoms with Crippen molar-refractivity contribution >= 4 is 0 Å². The van der Waals surface area contributed by atoms with Crippen molar-refractivity contribution in [3.8, 4) is 0 Å². The van der Waals surface area contributed by atoms with Crippen LogP contribution in [0.15, 0.2) is 23.9 Å². The van der Waals surface area contributed by atoms with Crippen LogP contribution in [0.25, 0.3) is 0 Å². The van der Waals surface area contributed by atoms with Gasteiger partial charge in [-0.25, -0.2) is 0 Å². The molecule has 0 amide bonds. The molecule has 102 valence electrons. The number of likely N-dealkylation sites (N-methyl/N-ethyl adjacent to an activating group) is 1. The second-order valence-electron chi connectivity index (χ2n) is 5.51. The highest BCUT2D eigenvalue weighted by Crippen LogP contribution is 2.17. The van der Waals surface area contributed by atoms with Crippen LogP contribution in [-0.2, 0) is 0 Å². The highest BCUT2D eigenvalue weighted by molar-refractivity contribution is 5.25. The molecule has 1 atom stereocenters. The molecule has 4 nitrogen and oxygen atoms in total. The number of hydrogen-bond acceptors (Lipinski definition) is 4. The van der Waals surface area contributed by atoms with Gasteiger partial charge >= 0.3 is 0 Å². The molecule has 1 saturated heterocycles. The van der Waals surface area contributed by atoms with E-state index in [0.717, 1.165) is 13.1 Å². The first kappa shape index (κ1) is 13.6. The minimum atomic E-state index is 0.398. The smallest absolute Gasteiger partial charge is 0.101 e. The van der Waals surface area contributed by atoms with Crippen molar-refractivity contribution in [2.24, 2.45) is 5.73 Å². The number of hydrogen-bond donors (Lipinski definition) is 1. The molecule has 0 saturated carbocycles. The summed E-state index contributed by atoms with van der Waals surface area (Å²) in [5.74, 6) is 0. The Bertz CT molecular complexity index is 327. The number of piperazine rings is 1. The highest BCUT2D eigenvalue weighted by Gasteiger charge is 2.26. The van der Waals surface area contributed by atoms with E-state index in [1.165, 1.54) is 18.7 Å². The minimum Gasteiger partial charge on any atom is -0.361 e. The summed E-state index contributed by atoms with van der Waals surface area (Å²) < 4.78 is 0. The molecule has 4 heteroatoms. The second kappa shape index (κ2) is 5.87. The zero-order valence-electron chi connectivity index (χ0n) is 11.8. The monoisotopic (exact) mass is 250 g/mol. The molecule has 0 spiro atoms. The van der Waals surface area contributed by atoms with Crippen molar-refractivity contribution in [2.45, 2.75) is 26.1 Å². The maximum Gasteiger partial charge on any atom is 0.101 e. The Morgan fingerprint density at radius 1 is 1.28 bits per heavy atom. The zero-order valence-corrected chi connectivity index (χ0v) is 11.8. The van der Waals surface area contributed by atoms with Crippen molar-refractivity contribution in [1.82, 2.24) is 14.7 Å². The van der Waals surface area contributed by atoms with Gasteiger partial charge in [0, 0.05) is 52.0 Å². The molecular formula is C14H26N4. The predicted molar refractivity (Wildman–Crippen MR) is 76.1 cm³/mol. The molecule has 2 rings (SSSR count). The van der Waals surface area contributed by atoms with Crippen LogP contribution in [0.1, 0.15) is 13.8 Å². The van der Waals surface area contributed by atoms with Gasteiger partial charge in [0.15, 0.2) is 0 Å². The van der Waals surface area contributed by atoms with E-state index in [-0.39, 0.29) is 0 Å². The summed E-state index contributed by atoms with van der Waals surface area (Å²) in [5.41, 5.74) is 6.88. The van der Waals surface area contributed by atoms with Gasteiger partial charge in [-0.1, -0.05) is 6.08 Å². The van der Waals surface area contributed by atoms with Crippen molar-refractivity contribution in [1.29, 1.82) is 0 Å². The second-order valence-corrected chi connectivity index (χ2v) is 5.51. The number of nitrogens with two attached hydrogens (primary N) is 1. The number of nitrogens with zero attached hydrogens (tertiary/aromatic N) is 3. The van der Waals surface area contributed by atoms with Gasteiger partial charge in [-0.3, -0.25) is 9.80 Å². The SMILES string of the molecule is CC(C)N1CCN(C2C=CC(CN)=CN2C)CC1. The van der Waals surface area contributed by atoms with Crippen LogP contribution >= 0.6 is 0 Å². The Balaban J connectivity index is 1.91. The van der Waals surface area contributed by atoms with Crippen LogP contribution < -0.4 is 5.73 Å². The normalized spacial score (nSPS) is 26.8. The van der Waals surface area contributed by atoms with Crippen molar-refractivity contribution in [3.05, 3.63) is 23.9 Å². The third-order valence-corrected chi connectivity index (χ3v) is 3.96. The van der Waals surface area contributed by atoms with E-state index in [0.29, 0.717) is 18.8 Å². The Morgan fingerprint density at radius 3 is 2.44 bits per heavy atom. The first-order chi connectivity index (χ1) is 8.61. The Labute approximate surface area is 111 Å². The lowest BCUT2D eigenvalue weighted by Crippen LogP contribution is -2.55. The topological polar surface area (TPSA) is 35.7 Å². The molecule has 2 aliphatic rings. The molecule has 0 aromatic carbocycles. The first-order valence-corrected chi connectivity index (χ1v) is 6.91. The molecule has 1 unspecified atom stereocenters. The molecule has 0 aliphatic carbocycles. The third kappa shape index (κ3) is 2.94. The largest absolute Gasteiger partial charge is 0.361 e. The van der Waals surface area contributed by atoms with Gasteiger partial charge in [0.05, 0.1) is 0 Å². The van der Waals surface area contributed by atoms with Crippen LogP contribution in [0.2, 0.25) is 0 Å². The van der Waals surface area contributed by atoms with E-state index in [1.54, 1.807) is 0 Å². The molecule has 0 aromatic rings. The van der Waals surface area contributed by atoms with Crippen LogP contribution in [0, 0.1) is 0 Å². The lowest BCUT2D eigenvalue weighted by atomic mass is 10.1. The summed E-state index contributed by atoms with van der Waals surface area (Å²) in [5, 5.41) is 0. The van der Waals surface area contributed by atoms with E-state index < -0.39 is 0 Å². The van der Waals surface area contributed by atoms with Gasteiger partial charge in [-0.2, -0.15) is 0 Å². The van der Waals surface area contributed by atoms with Crippen LogP contribution in [0.5, 0.6) is 0 Å². The fourth-order valence-corrected chi connectivity index (χ4v) is 2.74. The molecular weight excluding hydrogens is 224 g/mol. The third-order valence-electron chi connectivity index (χ3n) is 3.96. The maximum atomic E-state index is 5.67. The Kier molecular flexibility index (Phi) is 4.43. The number of rotatable bonds is 3. The van der Waals surface area contributed by atoms with E-state index >= 15 is 0 Å². The van der Waals surface area contributed by atoms with Gasteiger partial charge < -0.3 is 10.6 Å². The fraction of sp³-hybridized carbons (Fsp3) is 0.714. The Hall–Kier alpha value is -0.840. The fourth-order valence-electron chi connectivity index (χ4n) is 2.74. The quantitative estimate of drug-likeness (QED) is 0.799. The zero-order chi connectivity index (χ0) is 13.1. The molecule has 0 radical (unpaired) electrons. The summed E-state index contributed by atoms with van der Waals surface area (Å²) in [7, 11) is 2.14. The average molecular weight is 250 g/mol. The van der Waals surface area contributed by atoms with Gasteiger partial charge in [0.2, 0.25) is 0 Å². The summed E-state index contributed by atoms with van der Waals surface area (Å²) in [6.07, 6.45) is 7.00. The van der Waals surface area contributed by atoms with E-state index in [4.69, 9.17) is 5.73 Å². The van der Waals surface area contributed by atoms with Crippen molar-refractivity contribution in [2.75, 3.05) is 39.8 Å². The van der Waals surface area contributed by atoms with Gasteiger partial charge in [-0.05, 0) is 25.5 Å². The summed E-state index contributed by atoms with van der Waals surface area (Å²) >= 11 is 0. The standard InChI is InChI=1S/C14H26N4/c1-12(2)17-6-8-18(9-7-17)14-5-4-13(10-15)11-16(14)3/h4-5,11-12,14H,6-10,15H2,1-3H3. The van der Waals surface area contributed by atoms with Crippen LogP contribution in [0.4, 0.5) is 0 Å². The highest BCUT2D eigenvalue weighted by atomic mass is 15.4. The lowest BCUT2D eigenvalue weighted by molar-refractivity contribution is 0.0508. The lowest BCUT2D eigenvalue weighted by Gasteiger charge is -2.43. The molecule has 0 aromatic heterocycles. The molecule has 2 N–H and O–H groups in total. The Morgan fingerprint density at radius 2 is 1.94 bits per heavy atom. The van der Waals surface area contributed by atoms with E-state index in [2.05, 4.69) is 53.9 Å². The summed E-state index contributed by atoms with van der Waals surface area (Å²) in [6.45, 7) is 9.80. The summed E-state index contributed by atoms with van der Waals surface area (Å²) in [6, 6.07) is 0.663. The maximum absolute atomic E-state index is 5.67. The summed E-state index contributed by atoms with van der Waals surface area (Å²) in [4.78, 5) is 7.36. The average Bonchev–Trinajstić information content (AvgIpc) is 2.38. The van der Waals surface area contributed by atoms with Crippen LogP contribution in [-0.4, -0.2) is 66.7 Å². The molecule has 2 heterocycles. The molecule has 18 heavy (non-hydrogen) atoms. The van der Waals surface area contributed by atoms with Gasteiger partial charge in [0.25, 0.3) is 0 Å². The van der Waals surface area contributed by atoms with Crippen LogP contribution in [0.3, 0.4) is 0 Å². The van der Waals surface area contributed by atoms with Crippen molar-refractivity contribution < 1.29 is 0 Å². The first-order valence-electron chi connectivity index (χ1n) is 6.91. The van der Waals surface area contributed by atoms with Gasteiger partial charge in [0.1, 0.15) is 6.17 Å². The minimum absolute atomic E-state index is 0.398. The van der Waals surface area contributed by atoms with E-state index in [9.17, 15) is 0 Å². The van der Waals surface area contributed by atoms with Gasteiger partial charge in [-0.15, -0.1) is 0 Å². The molecule has 0 bridgehead atoms. The predicted octanol–water partition coefficient (Wildman–Crippen LogP) is 0.683. The van der Waals surface area contributed by atoms with Crippen molar-refractivity contribution in [3.63, 3.8) is 0 Å².